The Bertz CT molecular complexity index is 1670. The Labute approximate surface area is 322 Å². The number of esters is 1. The standard InChI is InChI=1S/C39H53N5O11/c1-9-53-23-29-20-30(44-32(46)14-15-33(44)47)37(50)43(29)21-31(45)42-34(24(2)3)36(49)40-25(4)35(48)41-28-13-12-27(22-55-38(51)39(5,6)7)26(19-28)11-10-16-54-18-17-52-8/h12-15,19,24-25,29-30,34H,9,16-18,20-23H2,1-8H3,(H,40,49)(H,41,48)(H,42,45)/t25-,29-,30-,34-/m0/s1. The van der Waals surface area contributed by atoms with Crippen LogP contribution in [0.4, 0.5) is 5.69 Å². The van der Waals surface area contributed by atoms with Crippen LogP contribution in [0.15, 0.2) is 30.4 Å². The summed E-state index contributed by atoms with van der Waals surface area (Å²) in [5.41, 5.74) is 0.781. The lowest BCUT2D eigenvalue weighted by Gasteiger charge is -2.27. The van der Waals surface area contributed by atoms with E-state index in [9.17, 15) is 33.6 Å². The third-order valence-electron chi connectivity index (χ3n) is 8.68. The van der Waals surface area contributed by atoms with E-state index in [1.807, 2.05) is 0 Å². The van der Waals surface area contributed by atoms with E-state index in [1.165, 1.54) is 11.8 Å². The van der Waals surface area contributed by atoms with Gasteiger partial charge >= 0.3 is 5.97 Å². The summed E-state index contributed by atoms with van der Waals surface area (Å²) in [6.45, 7) is 12.8. The van der Waals surface area contributed by atoms with Gasteiger partial charge in [0.1, 0.15) is 31.3 Å². The molecule has 0 aromatic heterocycles. The number of hydrogen-bond acceptors (Lipinski definition) is 11. The predicted molar refractivity (Wildman–Crippen MR) is 200 cm³/mol. The van der Waals surface area contributed by atoms with Gasteiger partial charge in [0.2, 0.25) is 23.6 Å². The molecule has 3 rings (SSSR count). The number of likely N-dealkylation sites (tertiary alicyclic amines) is 1. The highest BCUT2D eigenvalue weighted by Gasteiger charge is 2.47. The van der Waals surface area contributed by atoms with Crippen molar-refractivity contribution in [2.24, 2.45) is 11.3 Å². The fraction of sp³-hybridized carbons (Fsp3) is 0.564. The lowest BCUT2D eigenvalue weighted by Crippen LogP contribution is -2.56. The second-order valence-electron chi connectivity index (χ2n) is 14.5. The first kappa shape index (κ1) is 44.3. The topological polar surface area (TPSA) is 199 Å². The number of methoxy groups -OCH3 is 1. The molecule has 0 radical (unpaired) electrons. The third-order valence-corrected chi connectivity index (χ3v) is 8.68. The van der Waals surface area contributed by atoms with Crippen LogP contribution in [0.1, 0.15) is 66.0 Å². The minimum Gasteiger partial charge on any atom is -0.460 e. The molecule has 16 nitrogen and oxygen atoms in total. The highest BCUT2D eigenvalue weighted by Crippen LogP contribution is 2.26. The van der Waals surface area contributed by atoms with Crippen molar-refractivity contribution in [1.82, 2.24) is 20.4 Å². The molecule has 0 bridgehead atoms. The van der Waals surface area contributed by atoms with E-state index in [1.54, 1.807) is 66.9 Å². The van der Waals surface area contributed by atoms with Gasteiger partial charge in [-0.15, -0.1) is 0 Å². The maximum Gasteiger partial charge on any atom is 0.311 e. The summed E-state index contributed by atoms with van der Waals surface area (Å²) in [7, 11) is 1.56. The Morgan fingerprint density at radius 2 is 1.65 bits per heavy atom. The number of benzene rings is 1. The van der Waals surface area contributed by atoms with Gasteiger partial charge < -0.3 is 39.8 Å². The minimum atomic E-state index is -1.08. The van der Waals surface area contributed by atoms with Gasteiger partial charge in [0, 0.05) is 49.1 Å². The SMILES string of the molecule is CCOC[C@@H]1C[C@H](N2C(=O)C=CC2=O)C(=O)N1CC(=O)N[C@H](C(=O)N[C@@H](C)C(=O)Nc1ccc(COC(=O)C(C)(C)C)c(C#CCOCCOC)c1)C(C)C. The number of hydrogen-bond donors (Lipinski definition) is 3. The lowest BCUT2D eigenvalue weighted by molar-refractivity contribution is -0.154. The summed E-state index contributed by atoms with van der Waals surface area (Å²) in [6.07, 6.45) is 2.28. The first-order valence-corrected chi connectivity index (χ1v) is 18.2. The second kappa shape index (κ2) is 20.5. The molecule has 1 aromatic carbocycles. The number of nitrogens with one attached hydrogen (secondary N) is 3. The van der Waals surface area contributed by atoms with Crippen LogP contribution >= 0.6 is 0 Å². The largest absolute Gasteiger partial charge is 0.460 e. The normalized spacial score (nSPS) is 17.9. The number of anilines is 1. The molecule has 3 N–H and O–H groups in total. The van der Waals surface area contributed by atoms with Crippen LogP contribution in [0.25, 0.3) is 0 Å². The molecule has 55 heavy (non-hydrogen) atoms. The van der Waals surface area contributed by atoms with Gasteiger partial charge in [0.05, 0.1) is 37.8 Å². The zero-order valence-electron chi connectivity index (χ0n) is 32.8. The zero-order chi connectivity index (χ0) is 40.9. The van der Waals surface area contributed by atoms with Crippen molar-refractivity contribution in [2.75, 3.05) is 52.0 Å². The molecule has 300 valence electrons. The Morgan fingerprint density at radius 1 is 0.964 bits per heavy atom. The van der Waals surface area contributed by atoms with Crippen LogP contribution in [0, 0.1) is 23.2 Å². The van der Waals surface area contributed by atoms with Crippen molar-refractivity contribution in [1.29, 1.82) is 0 Å². The quantitative estimate of drug-likeness (QED) is 0.0843. The molecule has 0 spiro atoms. The second-order valence-corrected chi connectivity index (χ2v) is 14.5. The summed E-state index contributed by atoms with van der Waals surface area (Å²) in [6, 6.07) is 1.15. The summed E-state index contributed by atoms with van der Waals surface area (Å²) in [4.78, 5) is 92.6. The Hall–Kier alpha value is -5.11. The lowest BCUT2D eigenvalue weighted by atomic mass is 9.97. The fourth-order valence-electron chi connectivity index (χ4n) is 5.59. The Morgan fingerprint density at radius 3 is 2.27 bits per heavy atom. The average Bonchev–Trinajstić information content (AvgIpc) is 3.61. The molecule has 16 heteroatoms. The van der Waals surface area contributed by atoms with E-state index >= 15 is 0 Å². The van der Waals surface area contributed by atoms with Gasteiger partial charge in [-0.1, -0.05) is 31.8 Å². The molecule has 2 heterocycles. The number of carbonyl (C=O) groups excluding carboxylic acids is 7. The molecule has 6 amide bonds. The molecule has 0 unspecified atom stereocenters. The van der Waals surface area contributed by atoms with Crippen molar-refractivity contribution in [3.63, 3.8) is 0 Å². The molecule has 4 atom stereocenters. The van der Waals surface area contributed by atoms with Crippen LogP contribution < -0.4 is 16.0 Å². The molecule has 0 aliphatic carbocycles. The van der Waals surface area contributed by atoms with Crippen LogP contribution in [0.2, 0.25) is 0 Å². The summed E-state index contributed by atoms with van der Waals surface area (Å²) < 4.78 is 21.4. The summed E-state index contributed by atoms with van der Waals surface area (Å²) in [5.74, 6) is 1.49. The van der Waals surface area contributed by atoms with E-state index < -0.39 is 77.5 Å². The van der Waals surface area contributed by atoms with Crippen molar-refractivity contribution in [3.05, 3.63) is 41.5 Å². The molecule has 1 fully saturated rings. The number of nitrogens with zero attached hydrogens (tertiary/aromatic N) is 2. The van der Waals surface area contributed by atoms with E-state index in [2.05, 4.69) is 27.8 Å². The van der Waals surface area contributed by atoms with Crippen LogP contribution in [0.3, 0.4) is 0 Å². The summed E-state index contributed by atoms with van der Waals surface area (Å²) in [5, 5.41) is 8.08. The monoisotopic (exact) mass is 767 g/mol. The third kappa shape index (κ3) is 12.7. The number of carbonyl (C=O) groups is 7. The number of amides is 6. The molecule has 1 saturated heterocycles. The van der Waals surface area contributed by atoms with Gasteiger partial charge in [-0.2, -0.15) is 0 Å². The smallest absolute Gasteiger partial charge is 0.311 e. The first-order chi connectivity index (χ1) is 26.0. The molecule has 0 saturated carbocycles. The van der Waals surface area contributed by atoms with Gasteiger partial charge in [0.15, 0.2) is 0 Å². The Kier molecular flexibility index (Phi) is 16.5. The zero-order valence-corrected chi connectivity index (χ0v) is 32.8. The van der Waals surface area contributed by atoms with E-state index in [-0.39, 0.29) is 32.2 Å². The highest BCUT2D eigenvalue weighted by atomic mass is 16.5. The van der Waals surface area contributed by atoms with Crippen molar-refractivity contribution in [2.45, 2.75) is 85.7 Å². The average molecular weight is 768 g/mol. The van der Waals surface area contributed by atoms with E-state index in [0.29, 0.717) is 36.6 Å². The van der Waals surface area contributed by atoms with Crippen molar-refractivity contribution >= 4 is 47.1 Å². The first-order valence-electron chi connectivity index (χ1n) is 18.2. The number of rotatable bonds is 18. The van der Waals surface area contributed by atoms with Crippen molar-refractivity contribution in [3.8, 4) is 11.8 Å². The van der Waals surface area contributed by atoms with Gasteiger partial charge in [-0.25, -0.2) is 0 Å². The Balaban J connectivity index is 1.67. The van der Waals surface area contributed by atoms with Gasteiger partial charge in [-0.3, -0.25) is 38.5 Å². The number of imide groups is 1. The molecule has 2 aliphatic rings. The van der Waals surface area contributed by atoms with Crippen LogP contribution in [-0.2, 0) is 59.1 Å². The molecule has 1 aromatic rings. The predicted octanol–water partition coefficient (Wildman–Crippen LogP) is 1.31. The maximum absolute atomic E-state index is 13.4. The molecular weight excluding hydrogens is 714 g/mol. The highest BCUT2D eigenvalue weighted by molar-refractivity contribution is 6.15. The summed E-state index contributed by atoms with van der Waals surface area (Å²) >= 11 is 0. The van der Waals surface area contributed by atoms with Gasteiger partial charge in [0.25, 0.3) is 11.8 Å². The number of ether oxygens (including phenoxy) is 4. The van der Waals surface area contributed by atoms with E-state index in [4.69, 9.17) is 18.9 Å². The van der Waals surface area contributed by atoms with Crippen molar-refractivity contribution < 1.29 is 52.5 Å². The molecular formula is C39H53N5O11. The maximum atomic E-state index is 13.4. The van der Waals surface area contributed by atoms with Gasteiger partial charge in [-0.05, 0) is 52.7 Å². The fourth-order valence-corrected chi connectivity index (χ4v) is 5.59. The van der Waals surface area contributed by atoms with Crippen LogP contribution in [0.5, 0.6) is 0 Å². The van der Waals surface area contributed by atoms with Crippen LogP contribution in [-0.4, -0.2) is 122 Å². The molecule has 2 aliphatic heterocycles. The van der Waals surface area contributed by atoms with E-state index in [0.717, 1.165) is 17.1 Å². The minimum absolute atomic E-state index is 0.0391.